The molecule has 96 valence electrons. The van der Waals surface area contributed by atoms with Crippen molar-refractivity contribution in [3.8, 4) is 0 Å². The fourth-order valence-corrected chi connectivity index (χ4v) is 2.79. The highest BCUT2D eigenvalue weighted by atomic mass is 16.3. The molecule has 2 heterocycles. The minimum atomic E-state index is 0.376. The maximum absolute atomic E-state index is 5.75. The van der Waals surface area contributed by atoms with Crippen LogP contribution in [-0.4, -0.2) is 31.6 Å². The van der Waals surface area contributed by atoms with Gasteiger partial charge >= 0.3 is 0 Å². The minimum Gasteiger partial charge on any atom is -0.464 e. The van der Waals surface area contributed by atoms with E-state index >= 15 is 0 Å². The van der Waals surface area contributed by atoms with Gasteiger partial charge in [-0.3, -0.25) is 0 Å². The van der Waals surface area contributed by atoms with E-state index in [1.807, 2.05) is 6.26 Å². The van der Waals surface area contributed by atoms with Gasteiger partial charge in [-0.05, 0) is 39.0 Å². The van der Waals surface area contributed by atoms with Gasteiger partial charge in [-0.1, -0.05) is 18.2 Å². The van der Waals surface area contributed by atoms with Crippen molar-refractivity contribution in [3.05, 3.63) is 35.6 Å². The van der Waals surface area contributed by atoms with Gasteiger partial charge in [0.05, 0.1) is 6.26 Å². The number of rotatable bonds is 1. The molecule has 0 amide bonds. The lowest BCUT2D eigenvalue weighted by atomic mass is 10.0. The number of likely N-dealkylation sites (N-methyl/N-ethyl adjacent to an activating group) is 1. The zero-order valence-electron chi connectivity index (χ0n) is 11.1. The molecule has 1 aromatic carbocycles. The fourth-order valence-electron chi connectivity index (χ4n) is 2.79. The van der Waals surface area contributed by atoms with Gasteiger partial charge in [0.15, 0.2) is 0 Å². The largest absolute Gasteiger partial charge is 0.464 e. The van der Waals surface area contributed by atoms with Crippen LogP contribution in [0.3, 0.4) is 0 Å². The Bertz CT molecular complexity index is 546. The second kappa shape index (κ2) is 4.75. The van der Waals surface area contributed by atoms with Gasteiger partial charge in [0.2, 0.25) is 0 Å². The summed E-state index contributed by atoms with van der Waals surface area (Å²) in [6.07, 6.45) is 3.14. The molecule has 0 aliphatic carbocycles. The first kappa shape index (κ1) is 11.8. The molecule has 1 atom stereocenters. The summed E-state index contributed by atoms with van der Waals surface area (Å²) in [6.45, 7) is 5.39. The van der Waals surface area contributed by atoms with Gasteiger partial charge < -0.3 is 14.6 Å². The van der Waals surface area contributed by atoms with Crippen molar-refractivity contribution < 1.29 is 4.42 Å². The third-order valence-electron chi connectivity index (χ3n) is 3.80. The molecule has 3 heteroatoms. The number of aryl methyl sites for hydroxylation is 1. The number of furan rings is 1. The van der Waals surface area contributed by atoms with Crippen LogP contribution in [0, 0.1) is 6.92 Å². The lowest BCUT2D eigenvalue weighted by Gasteiger charge is -2.19. The monoisotopic (exact) mass is 244 g/mol. The van der Waals surface area contributed by atoms with E-state index in [9.17, 15) is 0 Å². The Morgan fingerprint density at radius 3 is 3.17 bits per heavy atom. The fraction of sp³-hybridized carbons (Fsp3) is 0.467. The summed E-state index contributed by atoms with van der Waals surface area (Å²) in [4.78, 5) is 2.39. The molecular weight excluding hydrogens is 224 g/mol. The third kappa shape index (κ3) is 2.04. The Kier molecular flexibility index (Phi) is 3.10. The van der Waals surface area contributed by atoms with E-state index in [0.29, 0.717) is 6.04 Å². The highest BCUT2D eigenvalue weighted by molar-refractivity contribution is 5.84. The highest BCUT2D eigenvalue weighted by Gasteiger charge is 2.20. The quantitative estimate of drug-likeness (QED) is 0.836. The van der Waals surface area contributed by atoms with Gasteiger partial charge in [-0.15, -0.1) is 0 Å². The minimum absolute atomic E-state index is 0.376. The molecular formula is C15H20N2O. The van der Waals surface area contributed by atoms with Crippen LogP contribution in [0.25, 0.3) is 11.0 Å². The predicted octanol–water partition coefficient (Wildman–Crippen LogP) is 2.71. The zero-order valence-corrected chi connectivity index (χ0v) is 11.1. The molecule has 2 aromatic rings. The van der Waals surface area contributed by atoms with Crippen molar-refractivity contribution in [3.63, 3.8) is 0 Å². The van der Waals surface area contributed by atoms with Crippen LogP contribution in [0.1, 0.15) is 23.6 Å². The number of hydrogen-bond acceptors (Lipinski definition) is 3. The van der Waals surface area contributed by atoms with Crippen molar-refractivity contribution in [1.29, 1.82) is 0 Å². The average Bonchev–Trinajstić information content (AvgIpc) is 2.67. The highest BCUT2D eigenvalue weighted by Crippen LogP contribution is 2.29. The number of nitrogens with one attached hydrogen (secondary N) is 1. The van der Waals surface area contributed by atoms with Crippen LogP contribution < -0.4 is 5.32 Å². The number of nitrogens with zero attached hydrogens (tertiary/aromatic N) is 1. The molecule has 3 rings (SSSR count). The molecule has 3 nitrogen and oxygen atoms in total. The summed E-state index contributed by atoms with van der Waals surface area (Å²) in [6, 6.07) is 6.74. The molecule has 18 heavy (non-hydrogen) atoms. The lowest BCUT2D eigenvalue weighted by molar-refractivity contribution is 0.326. The number of benzene rings is 1. The summed E-state index contributed by atoms with van der Waals surface area (Å²) in [7, 11) is 2.19. The number of hydrogen-bond donors (Lipinski definition) is 1. The molecule has 1 saturated heterocycles. The van der Waals surface area contributed by atoms with Crippen LogP contribution >= 0.6 is 0 Å². The molecule has 1 fully saturated rings. The van der Waals surface area contributed by atoms with E-state index in [1.54, 1.807) is 0 Å². The topological polar surface area (TPSA) is 28.4 Å². The van der Waals surface area contributed by atoms with Crippen LogP contribution in [0.5, 0.6) is 0 Å². The van der Waals surface area contributed by atoms with E-state index in [0.717, 1.165) is 25.2 Å². The van der Waals surface area contributed by atoms with Crippen LogP contribution in [-0.2, 0) is 0 Å². The molecule has 1 unspecified atom stereocenters. The molecule has 0 saturated carbocycles. The first-order valence-electron chi connectivity index (χ1n) is 6.64. The maximum Gasteiger partial charge on any atom is 0.137 e. The Labute approximate surface area is 108 Å². The van der Waals surface area contributed by atoms with Crippen molar-refractivity contribution in [2.24, 2.45) is 0 Å². The summed E-state index contributed by atoms with van der Waals surface area (Å²) in [5, 5.41) is 4.88. The molecule has 1 aliphatic heterocycles. The Balaban J connectivity index is 2.00. The second-order valence-corrected chi connectivity index (χ2v) is 5.27. The first-order chi connectivity index (χ1) is 8.75. The summed E-state index contributed by atoms with van der Waals surface area (Å²) < 4.78 is 5.75. The van der Waals surface area contributed by atoms with Crippen molar-refractivity contribution in [1.82, 2.24) is 10.2 Å². The Hall–Kier alpha value is -1.32. The standard InChI is InChI=1S/C15H20N2O/c1-11-5-3-6-12-13(10-18-15(11)12)14-9-17(2)8-4-7-16-14/h3,5-6,10,14,16H,4,7-9H2,1-2H3. The van der Waals surface area contributed by atoms with E-state index in [1.165, 1.54) is 22.9 Å². The van der Waals surface area contributed by atoms with Gasteiger partial charge in [0, 0.05) is 23.5 Å². The van der Waals surface area contributed by atoms with E-state index in [4.69, 9.17) is 4.42 Å². The van der Waals surface area contributed by atoms with E-state index in [-0.39, 0.29) is 0 Å². The van der Waals surface area contributed by atoms with Crippen molar-refractivity contribution >= 4 is 11.0 Å². The third-order valence-corrected chi connectivity index (χ3v) is 3.80. The molecule has 0 bridgehead atoms. The first-order valence-corrected chi connectivity index (χ1v) is 6.64. The molecule has 1 N–H and O–H groups in total. The zero-order chi connectivity index (χ0) is 12.5. The number of fused-ring (bicyclic) bond motifs is 1. The van der Waals surface area contributed by atoms with Gasteiger partial charge in [-0.25, -0.2) is 0 Å². The lowest BCUT2D eigenvalue weighted by Crippen LogP contribution is -2.28. The number of para-hydroxylation sites is 1. The van der Waals surface area contributed by atoms with Gasteiger partial charge in [0.1, 0.15) is 5.58 Å². The Morgan fingerprint density at radius 1 is 1.39 bits per heavy atom. The van der Waals surface area contributed by atoms with Crippen LogP contribution in [0.2, 0.25) is 0 Å². The van der Waals surface area contributed by atoms with E-state index in [2.05, 4.69) is 42.4 Å². The SMILES string of the molecule is Cc1cccc2c(C3CN(C)CCCN3)coc12. The van der Waals surface area contributed by atoms with Crippen molar-refractivity contribution in [2.45, 2.75) is 19.4 Å². The summed E-state index contributed by atoms with van der Waals surface area (Å²) >= 11 is 0. The maximum atomic E-state index is 5.75. The van der Waals surface area contributed by atoms with Gasteiger partial charge in [0.25, 0.3) is 0 Å². The summed E-state index contributed by atoms with van der Waals surface area (Å²) in [5.41, 5.74) is 3.53. The second-order valence-electron chi connectivity index (χ2n) is 5.27. The molecule has 0 spiro atoms. The van der Waals surface area contributed by atoms with Crippen molar-refractivity contribution in [2.75, 3.05) is 26.7 Å². The average molecular weight is 244 g/mol. The van der Waals surface area contributed by atoms with Crippen LogP contribution in [0.4, 0.5) is 0 Å². The predicted molar refractivity (Wildman–Crippen MR) is 73.8 cm³/mol. The normalized spacial score (nSPS) is 22.2. The molecule has 1 aromatic heterocycles. The van der Waals surface area contributed by atoms with E-state index < -0.39 is 0 Å². The molecule has 0 radical (unpaired) electrons. The smallest absolute Gasteiger partial charge is 0.137 e. The molecule has 1 aliphatic rings. The Morgan fingerprint density at radius 2 is 2.28 bits per heavy atom. The summed E-state index contributed by atoms with van der Waals surface area (Å²) in [5.74, 6) is 0. The van der Waals surface area contributed by atoms with Gasteiger partial charge in [-0.2, -0.15) is 0 Å². The van der Waals surface area contributed by atoms with Crippen LogP contribution in [0.15, 0.2) is 28.9 Å².